The topological polar surface area (TPSA) is 98.2 Å². The van der Waals surface area contributed by atoms with E-state index in [1.165, 1.54) is 0 Å². The Labute approximate surface area is 116 Å². The highest BCUT2D eigenvalue weighted by atomic mass is 16.2. The molecule has 1 saturated carbocycles. The Hall–Kier alpha value is -2.02. The van der Waals surface area contributed by atoms with E-state index in [9.17, 15) is 4.79 Å². The van der Waals surface area contributed by atoms with Crippen LogP contribution in [0.5, 0.6) is 0 Å². The summed E-state index contributed by atoms with van der Waals surface area (Å²) in [5, 5.41) is 7.12. The predicted molar refractivity (Wildman–Crippen MR) is 73.3 cm³/mol. The van der Waals surface area contributed by atoms with Crippen molar-refractivity contribution in [1.29, 1.82) is 0 Å². The Balaban J connectivity index is 1.86. The highest BCUT2D eigenvalue weighted by molar-refractivity contribution is 5.91. The van der Waals surface area contributed by atoms with E-state index in [0.29, 0.717) is 18.2 Å². The molecule has 0 aromatic carbocycles. The van der Waals surface area contributed by atoms with Crippen molar-refractivity contribution in [3.63, 3.8) is 0 Å². The number of nitrogens with one attached hydrogen (secondary N) is 1. The molecule has 3 rings (SSSR count). The van der Waals surface area contributed by atoms with Crippen molar-refractivity contribution in [3.8, 4) is 0 Å². The normalized spacial score (nSPS) is 16.4. The molecular weight excluding hydrogens is 256 g/mol. The number of amides is 1. The van der Waals surface area contributed by atoms with Gasteiger partial charge in [-0.15, -0.1) is 5.10 Å². The number of nitrogens with zero attached hydrogens (tertiary/aromatic N) is 4. The summed E-state index contributed by atoms with van der Waals surface area (Å²) in [7, 11) is 0. The van der Waals surface area contributed by atoms with Gasteiger partial charge in [-0.1, -0.05) is 0 Å². The number of rotatable bonds is 4. The summed E-state index contributed by atoms with van der Waals surface area (Å²) in [5.41, 5.74) is 7.44. The van der Waals surface area contributed by atoms with Gasteiger partial charge >= 0.3 is 0 Å². The van der Waals surface area contributed by atoms with Gasteiger partial charge in [0.2, 0.25) is 5.82 Å². The van der Waals surface area contributed by atoms with Crippen molar-refractivity contribution >= 4 is 11.7 Å². The second-order valence-electron chi connectivity index (χ2n) is 5.34. The Morgan fingerprint density at radius 3 is 2.90 bits per heavy atom. The summed E-state index contributed by atoms with van der Waals surface area (Å²) >= 11 is 0. The van der Waals surface area contributed by atoms with Crippen molar-refractivity contribution in [2.75, 3.05) is 6.54 Å². The highest BCUT2D eigenvalue weighted by Crippen LogP contribution is 2.32. The van der Waals surface area contributed by atoms with Crippen molar-refractivity contribution in [1.82, 2.24) is 24.9 Å². The van der Waals surface area contributed by atoms with E-state index >= 15 is 0 Å². The maximum Gasteiger partial charge on any atom is 0.291 e. The number of hydrogen-bond acceptors (Lipinski definition) is 5. The first-order valence-electron chi connectivity index (χ1n) is 6.80. The minimum absolute atomic E-state index is 0.0184. The first-order valence-corrected chi connectivity index (χ1v) is 6.80. The number of carbonyl (C=O) groups excluding carboxylic acids is 1. The zero-order chi connectivity index (χ0) is 14.3. The molecule has 1 unspecified atom stereocenters. The Morgan fingerprint density at radius 2 is 2.25 bits per heavy atom. The summed E-state index contributed by atoms with van der Waals surface area (Å²) in [5.74, 6) is 0.812. The van der Waals surface area contributed by atoms with E-state index in [4.69, 9.17) is 5.73 Å². The van der Waals surface area contributed by atoms with Gasteiger partial charge in [-0.2, -0.15) is 4.98 Å². The molecule has 0 saturated heterocycles. The first-order chi connectivity index (χ1) is 9.58. The molecule has 1 aliphatic carbocycles. The number of aromatic nitrogens is 4. The van der Waals surface area contributed by atoms with Gasteiger partial charge in [0.15, 0.2) is 0 Å². The van der Waals surface area contributed by atoms with Crippen molar-refractivity contribution in [2.45, 2.75) is 32.7 Å². The van der Waals surface area contributed by atoms with E-state index in [1.807, 2.05) is 19.9 Å². The molecule has 0 spiro atoms. The van der Waals surface area contributed by atoms with Gasteiger partial charge < -0.3 is 11.1 Å². The molecule has 2 aromatic rings. The summed E-state index contributed by atoms with van der Waals surface area (Å²) in [6, 6.07) is 1.92. The van der Waals surface area contributed by atoms with Gasteiger partial charge in [-0.05, 0) is 38.7 Å². The lowest BCUT2D eigenvalue weighted by Gasteiger charge is -2.14. The van der Waals surface area contributed by atoms with Crippen LogP contribution in [-0.4, -0.2) is 38.1 Å². The minimum Gasteiger partial charge on any atom is -0.345 e. The summed E-state index contributed by atoms with van der Waals surface area (Å²) in [6.45, 7) is 4.24. The van der Waals surface area contributed by atoms with Crippen molar-refractivity contribution in [3.05, 3.63) is 23.3 Å². The highest BCUT2D eigenvalue weighted by Gasteiger charge is 2.32. The van der Waals surface area contributed by atoms with Crippen molar-refractivity contribution in [2.24, 2.45) is 11.7 Å². The smallest absolute Gasteiger partial charge is 0.291 e. The van der Waals surface area contributed by atoms with Crippen LogP contribution in [0.15, 0.2) is 6.07 Å². The molecule has 1 amide bonds. The molecular formula is C13H18N6O. The van der Waals surface area contributed by atoms with Gasteiger partial charge in [0.05, 0.1) is 0 Å². The summed E-state index contributed by atoms with van der Waals surface area (Å²) < 4.78 is 1.58. The summed E-state index contributed by atoms with van der Waals surface area (Å²) in [4.78, 5) is 20.6. The van der Waals surface area contributed by atoms with Gasteiger partial charge in [0, 0.05) is 24.0 Å². The monoisotopic (exact) mass is 274 g/mol. The molecule has 2 heterocycles. The molecule has 1 atom stereocenters. The fourth-order valence-electron chi connectivity index (χ4n) is 2.36. The van der Waals surface area contributed by atoms with Crippen LogP contribution in [0.2, 0.25) is 0 Å². The van der Waals surface area contributed by atoms with Crippen LogP contribution in [-0.2, 0) is 0 Å². The van der Waals surface area contributed by atoms with Gasteiger partial charge in [0.25, 0.3) is 11.7 Å². The zero-order valence-corrected chi connectivity index (χ0v) is 11.6. The standard InChI is InChI=1S/C13H18N6O/c1-7-5-8(2)19-13(15-7)17-11(18-19)12(20)16-10(6-14)9-3-4-9/h5,9-10H,3-4,6,14H2,1-2H3,(H,16,20). The lowest BCUT2D eigenvalue weighted by atomic mass is 10.2. The number of fused-ring (bicyclic) bond motifs is 1. The Morgan fingerprint density at radius 1 is 1.50 bits per heavy atom. The first kappa shape index (κ1) is 13.0. The fraction of sp³-hybridized carbons (Fsp3) is 0.538. The van der Waals surface area contributed by atoms with E-state index in [1.54, 1.807) is 4.52 Å². The second kappa shape index (κ2) is 4.82. The van der Waals surface area contributed by atoms with Gasteiger partial charge in [-0.25, -0.2) is 9.50 Å². The maximum absolute atomic E-state index is 12.2. The predicted octanol–water partition coefficient (Wildman–Crippen LogP) is 0.208. The molecule has 2 aromatic heterocycles. The summed E-state index contributed by atoms with van der Waals surface area (Å²) in [6.07, 6.45) is 2.25. The Kier molecular flexibility index (Phi) is 3.13. The van der Waals surface area contributed by atoms with Crippen LogP contribution in [0.3, 0.4) is 0 Å². The molecule has 0 bridgehead atoms. The minimum atomic E-state index is -0.282. The molecule has 7 nitrogen and oxygen atoms in total. The average Bonchev–Trinajstić information content (AvgIpc) is 3.15. The number of nitrogens with two attached hydrogens (primary N) is 1. The zero-order valence-electron chi connectivity index (χ0n) is 11.6. The van der Waals surface area contributed by atoms with E-state index in [-0.39, 0.29) is 17.8 Å². The van der Waals surface area contributed by atoms with Gasteiger partial charge in [-0.3, -0.25) is 4.79 Å². The van der Waals surface area contributed by atoms with Crippen LogP contribution in [0, 0.1) is 19.8 Å². The third kappa shape index (κ3) is 2.36. The molecule has 0 radical (unpaired) electrons. The largest absolute Gasteiger partial charge is 0.345 e. The van der Waals surface area contributed by atoms with Crippen LogP contribution in [0.1, 0.15) is 34.8 Å². The molecule has 0 aliphatic heterocycles. The van der Waals surface area contributed by atoms with E-state index in [0.717, 1.165) is 24.2 Å². The van der Waals surface area contributed by atoms with E-state index in [2.05, 4.69) is 20.4 Å². The Bertz CT molecular complexity index is 660. The van der Waals surface area contributed by atoms with Crippen molar-refractivity contribution < 1.29 is 4.79 Å². The lowest BCUT2D eigenvalue weighted by molar-refractivity contribution is 0.0923. The number of carbonyl (C=O) groups is 1. The number of aryl methyl sites for hydroxylation is 2. The van der Waals surface area contributed by atoms with Gasteiger partial charge in [0.1, 0.15) is 0 Å². The molecule has 3 N–H and O–H groups in total. The van der Waals surface area contributed by atoms with Crippen LogP contribution < -0.4 is 11.1 Å². The van der Waals surface area contributed by atoms with Crippen LogP contribution in [0.25, 0.3) is 5.78 Å². The number of hydrogen-bond donors (Lipinski definition) is 2. The molecule has 1 aliphatic rings. The molecule has 1 fully saturated rings. The maximum atomic E-state index is 12.2. The quantitative estimate of drug-likeness (QED) is 0.830. The third-order valence-electron chi connectivity index (χ3n) is 3.58. The SMILES string of the molecule is Cc1cc(C)n2nc(C(=O)NC(CN)C3CC3)nc2n1. The average molecular weight is 274 g/mol. The molecule has 7 heteroatoms. The fourth-order valence-corrected chi connectivity index (χ4v) is 2.36. The molecule has 106 valence electrons. The lowest BCUT2D eigenvalue weighted by Crippen LogP contribution is -2.42. The third-order valence-corrected chi connectivity index (χ3v) is 3.58. The van der Waals surface area contributed by atoms with Crippen LogP contribution in [0.4, 0.5) is 0 Å². The second-order valence-corrected chi connectivity index (χ2v) is 5.34. The van der Waals surface area contributed by atoms with E-state index < -0.39 is 0 Å². The molecule has 20 heavy (non-hydrogen) atoms. The van der Waals surface area contributed by atoms with Crippen LogP contribution >= 0.6 is 0 Å².